The molecule has 3 fully saturated rings. The molecule has 0 spiro atoms. The number of rotatable bonds is 5. The number of aliphatic hydroxyl groups is 5. The summed E-state index contributed by atoms with van der Waals surface area (Å²) in [6, 6.07) is 0. The van der Waals surface area contributed by atoms with Gasteiger partial charge in [0.1, 0.15) is 48.8 Å². The number of aliphatic hydroxyl groups excluding tert-OH is 5. The first-order valence-electron chi connectivity index (χ1n) is 7.69. The van der Waals surface area contributed by atoms with Gasteiger partial charge >= 0.3 is 10.4 Å². The van der Waals surface area contributed by atoms with E-state index in [1.54, 1.807) is 0 Å². The van der Waals surface area contributed by atoms with E-state index in [4.69, 9.17) is 28.6 Å². The van der Waals surface area contributed by atoms with Crippen LogP contribution in [0, 0.1) is 0 Å². The van der Waals surface area contributed by atoms with E-state index < -0.39 is 78.4 Å². The predicted octanol–water partition coefficient (Wildman–Crippen LogP) is -4.52. The van der Waals surface area contributed by atoms with Crippen LogP contribution in [0.25, 0.3) is 0 Å². The molecule has 3 aliphatic heterocycles. The molecular weight excluding hydrogens is 384 g/mol. The number of hydrogen-bond donors (Lipinski definition) is 6. The Morgan fingerprint density at radius 1 is 1.00 bits per heavy atom. The smallest absolute Gasteiger partial charge is 0.394 e. The molecule has 3 heterocycles. The summed E-state index contributed by atoms with van der Waals surface area (Å²) in [5.41, 5.74) is 0. The molecule has 13 nitrogen and oxygen atoms in total. The Labute approximate surface area is 147 Å². The summed E-state index contributed by atoms with van der Waals surface area (Å²) >= 11 is 0. The Bertz CT molecular complexity index is 598. The van der Waals surface area contributed by atoms with Crippen LogP contribution in [0.2, 0.25) is 0 Å². The first kappa shape index (κ1) is 20.2. The lowest BCUT2D eigenvalue weighted by Crippen LogP contribution is -2.63. The normalized spacial score (nSPS) is 49.3. The lowest BCUT2D eigenvalue weighted by molar-refractivity contribution is -0.341. The fourth-order valence-corrected chi connectivity index (χ4v) is 3.69. The van der Waals surface area contributed by atoms with Crippen molar-refractivity contribution in [2.24, 2.45) is 0 Å². The molecule has 3 saturated heterocycles. The molecule has 26 heavy (non-hydrogen) atoms. The highest BCUT2D eigenvalue weighted by Gasteiger charge is 2.55. The van der Waals surface area contributed by atoms with Crippen LogP contribution in [-0.2, 0) is 33.5 Å². The van der Waals surface area contributed by atoms with Crippen LogP contribution in [0.1, 0.15) is 0 Å². The molecule has 10 atom stereocenters. The van der Waals surface area contributed by atoms with E-state index in [0.717, 1.165) is 0 Å². The highest BCUT2D eigenvalue weighted by atomic mass is 32.3. The van der Waals surface area contributed by atoms with Crippen molar-refractivity contribution >= 4 is 10.4 Å². The van der Waals surface area contributed by atoms with Crippen molar-refractivity contribution in [3.8, 4) is 0 Å². The van der Waals surface area contributed by atoms with Crippen molar-refractivity contribution in [3.63, 3.8) is 0 Å². The molecule has 6 N–H and O–H groups in total. The van der Waals surface area contributed by atoms with Crippen LogP contribution in [0.5, 0.6) is 0 Å². The van der Waals surface area contributed by atoms with Crippen molar-refractivity contribution in [1.82, 2.24) is 0 Å². The van der Waals surface area contributed by atoms with Gasteiger partial charge in [0.2, 0.25) is 0 Å². The molecule has 0 aromatic rings. The van der Waals surface area contributed by atoms with E-state index in [1.807, 2.05) is 0 Å². The van der Waals surface area contributed by atoms with Crippen molar-refractivity contribution in [3.05, 3.63) is 0 Å². The molecule has 2 bridgehead atoms. The van der Waals surface area contributed by atoms with E-state index in [-0.39, 0.29) is 6.61 Å². The van der Waals surface area contributed by atoms with E-state index in [0.29, 0.717) is 0 Å². The first-order valence-corrected chi connectivity index (χ1v) is 9.05. The second kappa shape index (κ2) is 7.50. The van der Waals surface area contributed by atoms with Crippen molar-refractivity contribution in [1.29, 1.82) is 0 Å². The summed E-state index contributed by atoms with van der Waals surface area (Å²) in [6.45, 7) is -0.833. The minimum absolute atomic E-state index is 0.164. The van der Waals surface area contributed by atoms with Crippen molar-refractivity contribution in [2.45, 2.75) is 61.4 Å². The van der Waals surface area contributed by atoms with Crippen LogP contribution >= 0.6 is 0 Å². The average molecular weight is 404 g/mol. The standard InChI is InChI=1S/C12H20O13S/c13-1-3-5(14)9(6(15)11(17)22-3)24-12-7(16)10-8(25-26(18,19)20)4(23-12)2-21-10/h3-17H,1-2H2,(H,18,19,20). The molecule has 0 aromatic heterocycles. The minimum atomic E-state index is -4.82. The quantitative estimate of drug-likeness (QED) is 0.239. The van der Waals surface area contributed by atoms with Gasteiger partial charge in [0, 0.05) is 0 Å². The summed E-state index contributed by atoms with van der Waals surface area (Å²) < 4.78 is 55.7. The van der Waals surface area contributed by atoms with Crippen LogP contribution in [0.4, 0.5) is 0 Å². The molecular formula is C12H20O13S. The average Bonchev–Trinajstić information content (AvgIpc) is 2.84. The van der Waals surface area contributed by atoms with Gasteiger partial charge < -0.3 is 44.5 Å². The Kier molecular flexibility index (Phi) is 5.84. The number of ether oxygens (including phenoxy) is 4. The van der Waals surface area contributed by atoms with Gasteiger partial charge in [-0.1, -0.05) is 0 Å². The number of hydrogen-bond acceptors (Lipinski definition) is 12. The zero-order chi connectivity index (χ0) is 19.2. The van der Waals surface area contributed by atoms with Gasteiger partial charge in [0.25, 0.3) is 0 Å². The van der Waals surface area contributed by atoms with Crippen LogP contribution < -0.4 is 0 Å². The third-order valence-corrected chi connectivity index (χ3v) is 4.90. The first-order chi connectivity index (χ1) is 12.1. The van der Waals surface area contributed by atoms with Crippen molar-refractivity contribution < 1.29 is 61.6 Å². The maximum Gasteiger partial charge on any atom is 0.397 e. The molecule has 0 radical (unpaired) electrons. The summed E-state index contributed by atoms with van der Waals surface area (Å²) in [4.78, 5) is 0. The summed E-state index contributed by atoms with van der Waals surface area (Å²) in [6.07, 6.45) is -14.4. The molecule has 152 valence electrons. The molecule has 0 amide bonds. The lowest BCUT2D eigenvalue weighted by atomic mass is 9.98. The molecule has 0 aromatic carbocycles. The zero-order valence-electron chi connectivity index (χ0n) is 13.1. The summed E-state index contributed by atoms with van der Waals surface area (Å²) in [5, 5.41) is 49.1. The second-order valence-electron chi connectivity index (χ2n) is 6.15. The predicted molar refractivity (Wildman–Crippen MR) is 75.7 cm³/mol. The molecule has 3 aliphatic rings. The number of fused-ring (bicyclic) bond motifs is 2. The largest absolute Gasteiger partial charge is 0.397 e. The third kappa shape index (κ3) is 3.87. The fraction of sp³-hybridized carbons (Fsp3) is 1.00. The maximum absolute atomic E-state index is 10.9. The molecule has 0 aliphatic carbocycles. The van der Waals surface area contributed by atoms with E-state index in [1.165, 1.54) is 0 Å². The Morgan fingerprint density at radius 3 is 2.31 bits per heavy atom. The van der Waals surface area contributed by atoms with Crippen LogP contribution in [0.15, 0.2) is 0 Å². The molecule has 0 saturated carbocycles. The monoisotopic (exact) mass is 404 g/mol. The second-order valence-corrected chi connectivity index (χ2v) is 7.20. The van der Waals surface area contributed by atoms with Gasteiger partial charge in [0.15, 0.2) is 12.6 Å². The van der Waals surface area contributed by atoms with Gasteiger partial charge in [-0.05, 0) is 0 Å². The zero-order valence-corrected chi connectivity index (χ0v) is 14.0. The fourth-order valence-electron chi connectivity index (χ4n) is 3.18. The van der Waals surface area contributed by atoms with Gasteiger partial charge in [-0.2, -0.15) is 8.42 Å². The van der Waals surface area contributed by atoms with E-state index >= 15 is 0 Å². The Balaban J connectivity index is 1.71. The highest BCUT2D eigenvalue weighted by molar-refractivity contribution is 7.80. The van der Waals surface area contributed by atoms with E-state index in [2.05, 4.69) is 4.18 Å². The lowest BCUT2D eigenvalue weighted by Gasteiger charge is -2.43. The Hall–Kier alpha value is -0.490. The minimum Gasteiger partial charge on any atom is -0.394 e. The van der Waals surface area contributed by atoms with Crippen LogP contribution in [-0.4, -0.2) is 113 Å². The highest BCUT2D eigenvalue weighted by Crippen LogP contribution is 2.35. The summed E-state index contributed by atoms with van der Waals surface area (Å²) in [5.74, 6) is 0. The molecule has 14 heteroatoms. The molecule has 10 unspecified atom stereocenters. The van der Waals surface area contributed by atoms with Gasteiger partial charge in [-0.25, -0.2) is 4.18 Å². The maximum atomic E-state index is 10.9. The molecule has 3 rings (SSSR count). The van der Waals surface area contributed by atoms with Gasteiger partial charge in [-0.3, -0.25) is 4.55 Å². The van der Waals surface area contributed by atoms with Crippen molar-refractivity contribution in [2.75, 3.05) is 13.2 Å². The third-order valence-electron chi connectivity index (χ3n) is 4.43. The van der Waals surface area contributed by atoms with Gasteiger partial charge in [-0.15, -0.1) is 0 Å². The SMILES string of the molecule is O=S(=O)(O)OC1C2COC1C(O)C(OC1C(O)C(O)OC(CO)C1O)O2. The van der Waals surface area contributed by atoms with Crippen LogP contribution in [0.3, 0.4) is 0 Å². The van der Waals surface area contributed by atoms with E-state index in [9.17, 15) is 28.8 Å². The summed E-state index contributed by atoms with van der Waals surface area (Å²) in [7, 11) is -4.82. The Morgan fingerprint density at radius 2 is 1.69 bits per heavy atom. The van der Waals surface area contributed by atoms with Gasteiger partial charge in [0.05, 0.1) is 13.2 Å². The topological polar surface area (TPSA) is 202 Å².